The molecular weight excluding hydrogens is 512 g/mol. The third kappa shape index (κ3) is 4.98. The molecule has 6 nitrogen and oxygen atoms in total. The van der Waals surface area contributed by atoms with E-state index in [1.54, 1.807) is 38.1 Å². The van der Waals surface area contributed by atoms with Crippen LogP contribution in [0.25, 0.3) is 27.9 Å². The van der Waals surface area contributed by atoms with Crippen LogP contribution in [0.5, 0.6) is 0 Å². The lowest BCUT2D eigenvalue weighted by molar-refractivity contribution is -0.137. The molecule has 0 saturated heterocycles. The minimum absolute atomic E-state index is 0.0598. The molecule has 0 fully saturated rings. The summed E-state index contributed by atoms with van der Waals surface area (Å²) in [5.74, 6) is -2.11. The van der Waals surface area contributed by atoms with E-state index in [1.807, 2.05) is 18.2 Å². The van der Waals surface area contributed by atoms with Crippen LogP contribution >= 0.6 is 0 Å². The summed E-state index contributed by atoms with van der Waals surface area (Å²) in [6.07, 6.45) is -2.16. The first-order valence-corrected chi connectivity index (χ1v) is 11.9. The normalized spacial score (nSPS) is 12.1. The number of aromatic nitrogens is 3. The van der Waals surface area contributed by atoms with Crippen molar-refractivity contribution in [2.45, 2.75) is 25.6 Å². The highest BCUT2D eigenvalue weighted by Crippen LogP contribution is 2.39. The number of pyridine rings is 2. The molecule has 10 heteroatoms. The largest absolute Gasteiger partial charge is 0.417 e. The van der Waals surface area contributed by atoms with Crippen LogP contribution in [0.3, 0.4) is 0 Å². The fourth-order valence-electron chi connectivity index (χ4n) is 4.41. The van der Waals surface area contributed by atoms with Gasteiger partial charge in [-0.15, -0.1) is 0 Å². The number of aliphatic hydroxyl groups is 1. The van der Waals surface area contributed by atoms with Crippen molar-refractivity contribution in [2.24, 2.45) is 0 Å². The molecule has 0 unspecified atom stereocenters. The molecule has 1 amide bonds. The molecule has 0 aliphatic rings. The zero-order valence-corrected chi connectivity index (χ0v) is 20.8. The number of amides is 1. The Bertz CT molecular complexity index is 1680. The molecule has 0 saturated carbocycles. The van der Waals surface area contributed by atoms with Crippen LogP contribution in [0.4, 0.5) is 23.4 Å². The molecule has 0 aliphatic carbocycles. The molecule has 5 rings (SSSR count). The minimum atomic E-state index is -4.88. The zero-order chi connectivity index (χ0) is 27.9. The number of halogens is 4. The predicted octanol–water partition coefficient (Wildman–Crippen LogP) is 6.70. The van der Waals surface area contributed by atoms with Gasteiger partial charge in [0.1, 0.15) is 23.6 Å². The van der Waals surface area contributed by atoms with E-state index in [2.05, 4.69) is 15.3 Å². The Morgan fingerprint density at radius 3 is 2.28 bits per heavy atom. The Morgan fingerprint density at radius 1 is 0.923 bits per heavy atom. The fraction of sp³-hybridized carbons (Fsp3) is 0.138. The van der Waals surface area contributed by atoms with E-state index in [4.69, 9.17) is 0 Å². The first-order chi connectivity index (χ1) is 18.4. The number of rotatable bonds is 5. The smallest absolute Gasteiger partial charge is 0.384 e. The SMILES string of the molecule is CC(C)(O)c1ncn2c(NC(=O)c3cc(-c4ccccn4)c(C(F)(F)F)cc3F)c(-c3ccccc3)ccc12. The summed E-state index contributed by atoms with van der Waals surface area (Å²) in [5.41, 5.74) is -1.53. The lowest BCUT2D eigenvalue weighted by atomic mass is 9.99. The molecule has 198 valence electrons. The van der Waals surface area contributed by atoms with Crippen molar-refractivity contribution in [1.82, 2.24) is 14.4 Å². The summed E-state index contributed by atoms with van der Waals surface area (Å²) in [4.78, 5) is 21.7. The van der Waals surface area contributed by atoms with Crippen molar-refractivity contribution in [1.29, 1.82) is 0 Å². The van der Waals surface area contributed by atoms with Crippen LogP contribution < -0.4 is 5.32 Å². The fourth-order valence-corrected chi connectivity index (χ4v) is 4.41. The molecule has 0 spiro atoms. The average molecular weight is 535 g/mol. The third-order valence-electron chi connectivity index (χ3n) is 6.20. The standard InChI is InChI=1S/C29H22F4N4O2/c1-28(2,39)25-24-12-11-18(17-8-4-3-5-9-17)26(37(24)16-35-25)36-27(38)20-14-19(23-10-6-7-13-34-23)21(15-22(20)30)29(31,32)33/h3-16,39H,1-2H3,(H,36,38). The highest BCUT2D eigenvalue weighted by Gasteiger charge is 2.36. The third-order valence-corrected chi connectivity index (χ3v) is 6.20. The summed E-state index contributed by atoms with van der Waals surface area (Å²) in [7, 11) is 0. The van der Waals surface area contributed by atoms with Crippen LogP contribution in [-0.4, -0.2) is 25.4 Å². The molecule has 3 aromatic heterocycles. The summed E-state index contributed by atoms with van der Waals surface area (Å²) in [6, 6.07) is 18.0. The van der Waals surface area contributed by atoms with Gasteiger partial charge in [-0.3, -0.25) is 14.2 Å². The van der Waals surface area contributed by atoms with Crippen LogP contribution in [-0.2, 0) is 11.8 Å². The van der Waals surface area contributed by atoms with E-state index in [1.165, 1.54) is 35.1 Å². The van der Waals surface area contributed by atoms with E-state index < -0.39 is 40.2 Å². The quantitative estimate of drug-likeness (QED) is 0.246. The molecule has 0 radical (unpaired) electrons. The van der Waals surface area contributed by atoms with Crippen LogP contribution in [0, 0.1) is 5.82 Å². The highest BCUT2D eigenvalue weighted by molar-refractivity contribution is 6.07. The van der Waals surface area contributed by atoms with Gasteiger partial charge in [-0.25, -0.2) is 9.37 Å². The number of carbonyl (C=O) groups excluding carboxylic acids is 1. The van der Waals surface area contributed by atoms with Gasteiger partial charge in [-0.05, 0) is 55.8 Å². The van der Waals surface area contributed by atoms with Gasteiger partial charge in [0.05, 0.1) is 28.0 Å². The first-order valence-electron chi connectivity index (χ1n) is 11.9. The van der Waals surface area contributed by atoms with Crippen LogP contribution in [0.15, 0.2) is 85.3 Å². The number of imidazole rings is 1. The minimum Gasteiger partial charge on any atom is -0.384 e. The van der Waals surface area contributed by atoms with Gasteiger partial charge in [0, 0.05) is 17.3 Å². The van der Waals surface area contributed by atoms with Gasteiger partial charge in [0.15, 0.2) is 0 Å². The highest BCUT2D eigenvalue weighted by atomic mass is 19.4. The Labute approximate surface area is 220 Å². The Balaban J connectivity index is 1.67. The van der Waals surface area contributed by atoms with Gasteiger partial charge < -0.3 is 10.4 Å². The molecule has 2 N–H and O–H groups in total. The van der Waals surface area contributed by atoms with Crippen molar-refractivity contribution in [2.75, 3.05) is 5.32 Å². The maximum atomic E-state index is 15.1. The van der Waals surface area contributed by atoms with Gasteiger partial charge >= 0.3 is 6.18 Å². The van der Waals surface area contributed by atoms with E-state index in [0.717, 1.165) is 11.6 Å². The summed E-state index contributed by atoms with van der Waals surface area (Å²) in [6.45, 7) is 3.13. The van der Waals surface area contributed by atoms with Crippen molar-refractivity contribution in [3.05, 3.63) is 108 Å². The monoisotopic (exact) mass is 534 g/mol. The number of hydrogen-bond donors (Lipinski definition) is 2. The molecule has 0 aliphatic heterocycles. The van der Waals surface area contributed by atoms with E-state index in [-0.39, 0.29) is 11.5 Å². The number of fused-ring (bicyclic) bond motifs is 1. The lowest BCUT2D eigenvalue weighted by Gasteiger charge is -2.18. The number of benzene rings is 2. The second-order valence-corrected chi connectivity index (χ2v) is 9.41. The summed E-state index contributed by atoms with van der Waals surface area (Å²) >= 11 is 0. The number of carbonyl (C=O) groups is 1. The summed E-state index contributed by atoms with van der Waals surface area (Å²) in [5, 5.41) is 13.2. The molecule has 3 heterocycles. The zero-order valence-electron chi connectivity index (χ0n) is 20.8. The number of nitrogens with one attached hydrogen (secondary N) is 1. The molecule has 0 bridgehead atoms. The second-order valence-electron chi connectivity index (χ2n) is 9.41. The lowest BCUT2D eigenvalue weighted by Crippen LogP contribution is -2.19. The topological polar surface area (TPSA) is 79.5 Å². The van der Waals surface area contributed by atoms with Gasteiger partial charge in [-0.1, -0.05) is 36.4 Å². The van der Waals surface area contributed by atoms with Crippen molar-refractivity contribution in [3.63, 3.8) is 0 Å². The van der Waals surface area contributed by atoms with Crippen molar-refractivity contribution >= 4 is 17.2 Å². The van der Waals surface area contributed by atoms with E-state index in [9.17, 15) is 23.1 Å². The van der Waals surface area contributed by atoms with Crippen LogP contribution in [0.1, 0.15) is 35.5 Å². The van der Waals surface area contributed by atoms with Gasteiger partial charge in [-0.2, -0.15) is 13.2 Å². The number of hydrogen-bond acceptors (Lipinski definition) is 4. The number of alkyl halides is 3. The Kier molecular flexibility index (Phi) is 6.43. The van der Waals surface area contributed by atoms with Crippen LogP contribution in [0.2, 0.25) is 0 Å². The number of anilines is 1. The second kappa shape index (κ2) is 9.63. The van der Waals surface area contributed by atoms with E-state index in [0.29, 0.717) is 22.8 Å². The number of nitrogens with zero attached hydrogens (tertiary/aromatic N) is 3. The molecule has 39 heavy (non-hydrogen) atoms. The first kappa shape index (κ1) is 26.1. The van der Waals surface area contributed by atoms with E-state index >= 15 is 4.39 Å². The molecule has 5 aromatic rings. The van der Waals surface area contributed by atoms with Gasteiger partial charge in [0.2, 0.25) is 0 Å². The maximum Gasteiger partial charge on any atom is 0.417 e. The van der Waals surface area contributed by atoms with Gasteiger partial charge in [0.25, 0.3) is 5.91 Å². The Hall–Kier alpha value is -4.57. The van der Waals surface area contributed by atoms with Crippen molar-refractivity contribution < 1.29 is 27.5 Å². The maximum absolute atomic E-state index is 15.1. The average Bonchev–Trinajstić information content (AvgIpc) is 3.35. The molecular formula is C29H22F4N4O2. The molecule has 2 aromatic carbocycles. The van der Waals surface area contributed by atoms with Crippen molar-refractivity contribution in [3.8, 4) is 22.4 Å². The Morgan fingerprint density at radius 2 is 1.64 bits per heavy atom. The summed E-state index contributed by atoms with van der Waals surface area (Å²) < 4.78 is 58.0. The predicted molar refractivity (Wildman–Crippen MR) is 138 cm³/mol. The molecule has 0 atom stereocenters.